The standard InChI is InChI=1S/C16H26N2/c1-4-13-8-7-9-16(10-13)18-12-14(5-2)17-11-15(18)6-3/h7-10,14-15,17H,4-6,11-12H2,1-3H3. The average molecular weight is 246 g/mol. The van der Waals surface area contributed by atoms with Gasteiger partial charge in [0, 0.05) is 30.9 Å². The van der Waals surface area contributed by atoms with Gasteiger partial charge in [-0.2, -0.15) is 0 Å². The summed E-state index contributed by atoms with van der Waals surface area (Å²) in [5.41, 5.74) is 2.84. The van der Waals surface area contributed by atoms with Crippen LogP contribution in [0.4, 0.5) is 5.69 Å². The monoisotopic (exact) mass is 246 g/mol. The molecule has 2 nitrogen and oxygen atoms in total. The molecule has 1 aromatic rings. The molecule has 0 bridgehead atoms. The summed E-state index contributed by atoms with van der Waals surface area (Å²) in [7, 11) is 0. The molecule has 0 spiro atoms. The molecular formula is C16H26N2. The van der Waals surface area contributed by atoms with Crippen LogP contribution in [0.3, 0.4) is 0 Å². The number of piperazine rings is 1. The summed E-state index contributed by atoms with van der Waals surface area (Å²) in [5.74, 6) is 0. The minimum atomic E-state index is 0.637. The predicted octanol–water partition coefficient (Wildman–Crippen LogP) is 3.22. The number of nitrogens with one attached hydrogen (secondary N) is 1. The summed E-state index contributed by atoms with van der Waals surface area (Å²) in [5, 5.41) is 3.66. The molecule has 1 aliphatic heterocycles. The lowest BCUT2D eigenvalue weighted by Crippen LogP contribution is -2.56. The second-order valence-electron chi connectivity index (χ2n) is 5.25. The zero-order valence-electron chi connectivity index (χ0n) is 11.9. The quantitative estimate of drug-likeness (QED) is 0.877. The third-order valence-corrected chi connectivity index (χ3v) is 4.11. The molecule has 1 N–H and O–H groups in total. The third-order valence-electron chi connectivity index (χ3n) is 4.11. The summed E-state index contributed by atoms with van der Waals surface area (Å²) in [6.45, 7) is 9.04. The summed E-state index contributed by atoms with van der Waals surface area (Å²) >= 11 is 0. The molecule has 0 saturated carbocycles. The molecule has 18 heavy (non-hydrogen) atoms. The molecule has 100 valence electrons. The first-order valence-corrected chi connectivity index (χ1v) is 7.37. The van der Waals surface area contributed by atoms with E-state index in [0.29, 0.717) is 12.1 Å². The number of hydrogen-bond acceptors (Lipinski definition) is 2. The van der Waals surface area contributed by atoms with Gasteiger partial charge in [0.05, 0.1) is 0 Å². The summed E-state index contributed by atoms with van der Waals surface area (Å²) in [4.78, 5) is 2.60. The molecule has 2 rings (SSSR count). The molecule has 2 heteroatoms. The largest absolute Gasteiger partial charge is 0.366 e. The van der Waals surface area contributed by atoms with Gasteiger partial charge in [0.15, 0.2) is 0 Å². The van der Waals surface area contributed by atoms with E-state index in [-0.39, 0.29) is 0 Å². The lowest BCUT2D eigenvalue weighted by atomic mass is 10.0. The van der Waals surface area contributed by atoms with Crippen molar-refractivity contribution in [3.63, 3.8) is 0 Å². The molecule has 1 heterocycles. The van der Waals surface area contributed by atoms with Gasteiger partial charge in [-0.05, 0) is 37.0 Å². The van der Waals surface area contributed by atoms with Crippen molar-refractivity contribution in [2.24, 2.45) is 0 Å². The maximum atomic E-state index is 3.66. The fourth-order valence-electron chi connectivity index (χ4n) is 2.77. The van der Waals surface area contributed by atoms with Crippen molar-refractivity contribution in [1.82, 2.24) is 5.32 Å². The van der Waals surface area contributed by atoms with E-state index in [4.69, 9.17) is 0 Å². The van der Waals surface area contributed by atoms with Crippen LogP contribution in [-0.2, 0) is 6.42 Å². The second-order valence-corrected chi connectivity index (χ2v) is 5.25. The van der Waals surface area contributed by atoms with Crippen molar-refractivity contribution in [3.8, 4) is 0 Å². The van der Waals surface area contributed by atoms with E-state index < -0.39 is 0 Å². The Morgan fingerprint density at radius 3 is 2.72 bits per heavy atom. The first-order chi connectivity index (χ1) is 8.78. The van der Waals surface area contributed by atoms with Gasteiger partial charge < -0.3 is 10.2 Å². The molecule has 2 atom stereocenters. The van der Waals surface area contributed by atoms with Crippen molar-refractivity contribution in [2.75, 3.05) is 18.0 Å². The fraction of sp³-hybridized carbons (Fsp3) is 0.625. The van der Waals surface area contributed by atoms with Crippen LogP contribution >= 0.6 is 0 Å². The Balaban J connectivity index is 2.20. The zero-order valence-corrected chi connectivity index (χ0v) is 11.9. The van der Waals surface area contributed by atoms with Gasteiger partial charge in [-0.1, -0.05) is 32.9 Å². The van der Waals surface area contributed by atoms with Gasteiger partial charge in [-0.25, -0.2) is 0 Å². The lowest BCUT2D eigenvalue weighted by Gasteiger charge is -2.41. The van der Waals surface area contributed by atoms with Crippen LogP contribution in [0, 0.1) is 0 Å². The molecular weight excluding hydrogens is 220 g/mol. The molecule has 1 saturated heterocycles. The maximum Gasteiger partial charge on any atom is 0.0412 e. The molecule has 0 amide bonds. The first-order valence-electron chi connectivity index (χ1n) is 7.37. The number of rotatable bonds is 4. The molecule has 0 radical (unpaired) electrons. The summed E-state index contributed by atoms with van der Waals surface area (Å²) < 4.78 is 0. The molecule has 0 aromatic heterocycles. The molecule has 1 aliphatic rings. The van der Waals surface area contributed by atoms with E-state index in [1.54, 1.807) is 0 Å². The van der Waals surface area contributed by atoms with Gasteiger partial charge in [0.25, 0.3) is 0 Å². The van der Waals surface area contributed by atoms with E-state index in [2.05, 4.69) is 55.3 Å². The van der Waals surface area contributed by atoms with Gasteiger partial charge >= 0.3 is 0 Å². The highest BCUT2D eigenvalue weighted by Gasteiger charge is 2.25. The Kier molecular flexibility index (Phi) is 4.65. The Labute approximate surface area is 111 Å². The van der Waals surface area contributed by atoms with Crippen LogP contribution in [0.25, 0.3) is 0 Å². The topological polar surface area (TPSA) is 15.3 Å². The summed E-state index contributed by atoms with van der Waals surface area (Å²) in [6.07, 6.45) is 3.54. The highest BCUT2D eigenvalue weighted by Crippen LogP contribution is 2.23. The fourth-order valence-corrected chi connectivity index (χ4v) is 2.77. The SMILES string of the molecule is CCc1cccc(N2CC(CC)NCC2CC)c1. The lowest BCUT2D eigenvalue weighted by molar-refractivity contribution is 0.379. The van der Waals surface area contributed by atoms with Crippen LogP contribution in [0.15, 0.2) is 24.3 Å². The van der Waals surface area contributed by atoms with Crippen LogP contribution in [-0.4, -0.2) is 25.2 Å². The van der Waals surface area contributed by atoms with Gasteiger partial charge in [-0.15, -0.1) is 0 Å². The molecule has 2 unspecified atom stereocenters. The Hall–Kier alpha value is -1.02. The Morgan fingerprint density at radius 1 is 1.22 bits per heavy atom. The number of hydrogen-bond donors (Lipinski definition) is 1. The predicted molar refractivity (Wildman–Crippen MR) is 79.3 cm³/mol. The highest BCUT2D eigenvalue weighted by molar-refractivity contribution is 5.50. The third kappa shape index (κ3) is 2.86. The zero-order chi connectivity index (χ0) is 13.0. The smallest absolute Gasteiger partial charge is 0.0412 e. The van der Waals surface area contributed by atoms with E-state index in [1.807, 2.05) is 0 Å². The van der Waals surface area contributed by atoms with Crippen molar-refractivity contribution < 1.29 is 0 Å². The number of anilines is 1. The van der Waals surface area contributed by atoms with Gasteiger partial charge in [0.1, 0.15) is 0 Å². The molecule has 1 fully saturated rings. The van der Waals surface area contributed by atoms with Gasteiger partial charge in [-0.3, -0.25) is 0 Å². The molecule has 0 aliphatic carbocycles. The van der Waals surface area contributed by atoms with Crippen molar-refractivity contribution in [1.29, 1.82) is 0 Å². The average Bonchev–Trinajstić information content (AvgIpc) is 2.46. The van der Waals surface area contributed by atoms with Crippen LogP contribution < -0.4 is 10.2 Å². The van der Waals surface area contributed by atoms with E-state index in [1.165, 1.54) is 24.1 Å². The van der Waals surface area contributed by atoms with E-state index >= 15 is 0 Å². The highest BCUT2D eigenvalue weighted by atomic mass is 15.2. The van der Waals surface area contributed by atoms with Gasteiger partial charge in [0.2, 0.25) is 0 Å². The minimum absolute atomic E-state index is 0.637. The van der Waals surface area contributed by atoms with Crippen molar-refractivity contribution >= 4 is 5.69 Å². The van der Waals surface area contributed by atoms with Crippen LogP contribution in [0.5, 0.6) is 0 Å². The molecule has 1 aromatic carbocycles. The van der Waals surface area contributed by atoms with Crippen LogP contribution in [0.2, 0.25) is 0 Å². The number of aryl methyl sites for hydroxylation is 1. The Bertz CT molecular complexity index is 375. The van der Waals surface area contributed by atoms with Crippen molar-refractivity contribution in [2.45, 2.75) is 52.1 Å². The van der Waals surface area contributed by atoms with E-state index in [0.717, 1.165) is 19.5 Å². The van der Waals surface area contributed by atoms with E-state index in [9.17, 15) is 0 Å². The maximum absolute atomic E-state index is 3.66. The Morgan fingerprint density at radius 2 is 2.06 bits per heavy atom. The van der Waals surface area contributed by atoms with Crippen LogP contribution in [0.1, 0.15) is 39.2 Å². The number of nitrogens with zero attached hydrogens (tertiary/aromatic N) is 1. The van der Waals surface area contributed by atoms with Crippen molar-refractivity contribution in [3.05, 3.63) is 29.8 Å². The first kappa shape index (κ1) is 13.4. The minimum Gasteiger partial charge on any atom is -0.366 e. The summed E-state index contributed by atoms with van der Waals surface area (Å²) in [6, 6.07) is 10.3. The normalized spacial score (nSPS) is 24.3. The number of benzene rings is 1. The second kappa shape index (κ2) is 6.24.